The summed E-state index contributed by atoms with van der Waals surface area (Å²) < 4.78 is 10.8. The second-order valence-electron chi connectivity index (χ2n) is 12.4. The van der Waals surface area contributed by atoms with E-state index in [4.69, 9.17) is 15.2 Å². The summed E-state index contributed by atoms with van der Waals surface area (Å²) in [6, 6.07) is 0. The molecule has 0 bridgehead atoms. The fourth-order valence-electron chi connectivity index (χ4n) is 5.80. The first kappa shape index (κ1) is 37.6. The normalized spacial score (nSPS) is 28.3. The Morgan fingerprint density at radius 3 is 2.21 bits per heavy atom. The number of carbonyl (C=O) groups excluding carboxylic acids is 2. The van der Waals surface area contributed by atoms with Crippen molar-refractivity contribution >= 4 is 12.1 Å². The van der Waals surface area contributed by atoms with E-state index in [1.54, 1.807) is 38.2 Å². The molecular formula is C33H55NO8. The van der Waals surface area contributed by atoms with E-state index in [9.17, 15) is 30.0 Å². The van der Waals surface area contributed by atoms with Crippen LogP contribution in [0.1, 0.15) is 68.2 Å². The Bertz CT molecular complexity index is 962. The molecule has 0 aromatic heterocycles. The minimum absolute atomic E-state index is 0.152. The molecule has 0 aromatic rings. The van der Waals surface area contributed by atoms with Gasteiger partial charge in [0.25, 0.3) is 0 Å². The topological polar surface area (TPSA) is 160 Å². The van der Waals surface area contributed by atoms with Crippen LogP contribution in [0.2, 0.25) is 0 Å². The summed E-state index contributed by atoms with van der Waals surface area (Å²) in [5.41, 5.74) is 6.30. The molecule has 0 aromatic carbocycles. The van der Waals surface area contributed by atoms with Gasteiger partial charge in [-0.15, -0.1) is 0 Å². The SMILES string of the molecule is C=C/C=C\[C@H](C)[C@H](OC(N)=O)[C@@H](C)[C@H](O)[C@@H](C)C/C(C)=C/[C@H](C)[C@@H](O)[C@@H](C)/C=C\[C@@H](O)C[C@@H]1OC(=O)[C@H](C)[C@@H](O)[C@H]1C. The zero-order valence-corrected chi connectivity index (χ0v) is 26.6. The second-order valence-corrected chi connectivity index (χ2v) is 12.4. The van der Waals surface area contributed by atoms with Crippen LogP contribution < -0.4 is 5.73 Å². The maximum Gasteiger partial charge on any atom is 0.404 e. The number of primary amides is 1. The number of nitrogens with two attached hydrogens (primary N) is 1. The van der Waals surface area contributed by atoms with Crippen LogP contribution in [0.5, 0.6) is 0 Å². The third-order valence-electron chi connectivity index (χ3n) is 8.62. The molecule has 1 amide bonds. The maximum atomic E-state index is 12.0. The van der Waals surface area contributed by atoms with Crippen LogP contribution in [0.3, 0.4) is 0 Å². The van der Waals surface area contributed by atoms with Crippen molar-refractivity contribution in [2.45, 2.75) is 105 Å². The molecule has 1 aliphatic heterocycles. The van der Waals surface area contributed by atoms with Crippen molar-refractivity contribution in [2.75, 3.05) is 0 Å². The van der Waals surface area contributed by atoms with Gasteiger partial charge < -0.3 is 35.6 Å². The molecule has 1 aliphatic rings. The molecule has 9 nitrogen and oxygen atoms in total. The number of hydrogen-bond acceptors (Lipinski definition) is 8. The standard InChI is InChI=1S/C33H55NO8/c1-10-11-12-20(4)31(42-33(34)40)24(8)29(37)22(6)16-18(2)15-21(5)28(36)19(3)13-14-26(35)17-27-23(7)30(38)25(9)32(39)41-27/h10-15,19-31,35-38H,1,16-17H2,2-9H3,(H2,34,40)/b12-11-,14-13-,18-15+/t19-,20-,21-,22-,23-,24-,25+,26+,27-,28-,29+,30-,31-/m0/s1. The first-order chi connectivity index (χ1) is 19.5. The van der Waals surface area contributed by atoms with Crippen LogP contribution >= 0.6 is 0 Å². The lowest BCUT2D eigenvalue weighted by Gasteiger charge is -2.36. The molecule has 0 aliphatic carbocycles. The number of allylic oxidation sites excluding steroid dienone is 3. The van der Waals surface area contributed by atoms with E-state index in [1.807, 2.05) is 53.7 Å². The van der Waals surface area contributed by atoms with Crippen molar-refractivity contribution in [3.8, 4) is 0 Å². The highest BCUT2D eigenvalue weighted by atomic mass is 16.6. The fourth-order valence-corrected chi connectivity index (χ4v) is 5.80. The van der Waals surface area contributed by atoms with E-state index in [2.05, 4.69) is 6.58 Å². The largest absolute Gasteiger partial charge is 0.462 e. The van der Waals surface area contributed by atoms with Gasteiger partial charge in [-0.2, -0.15) is 0 Å². The van der Waals surface area contributed by atoms with Crippen molar-refractivity contribution in [2.24, 2.45) is 47.2 Å². The Labute approximate surface area is 252 Å². The second kappa shape index (κ2) is 17.6. The van der Waals surface area contributed by atoms with Gasteiger partial charge in [0.15, 0.2) is 0 Å². The summed E-state index contributed by atoms with van der Waals surface area (Å²) in [6.07, 6.45) is 6.04. The van der Waals surface area contributed by atoms with Crippen LogP contribution in [0.15, 0.2) is 48.6 Å². The molecule has 42 heavy (non-hydrogen) atoms. The lowest BCUT2D eigenvalue weighted by Crippen LogP contribution is -2.47. The van der Waals surface area contributed by atoms with Gasteiger partial charge in [0, 0.05) is 36.0 Å². The molecule has 13 atom stereocenters. The summed E-state index contributed by atoms with van der Waals surface area (Å²) in [5, 5.41) is 42.8. The smallest absolute Gasteiger partial charge is 0.404 e. The van der Waals surface area contributed by atoms with E-state index in [0.29, 0.717) is 6.42 Å². The molecule has 1 rings (SSSR count). The number of rotatable bonds is 16. The molecule has 9 heteroatoms. The maximum absolute atomic E-state index is 12.0. The zero-order valence-electron chi connectivity index (χ0n) is 26.6. The van der Waals surface area contributed by atoms with Gasteiger partial charge in [-0.1, -0.05) is 90.2 Å². The number of esters is 1. The number of cyclic esters (lactones) is 1. The lowest BCUT2D eigenvalue weighted by molar-refractivity contribution is -0.179. The molecule has 6 N–H and O–H groups in total. The van der Waals surface area contributed by atoms with Crippen LogP contribution in [-0.2, 0) is 14.3 Å². The van der Waals surface area contributed by atoms with Crippen LogP contribution in [0, 0.1) is 41.4 Å². The van der Waals surface area contributed by atoms with Gasteiger partial charge in [-0.05, 0) is 26.2 Å². The highest BCUT2D eigenvalue weighted by molar-refractivity contribution is 5.73. The summed E-state index contributed by atoms with van der Waals surface area (Å²) in [6.45, 7) is 18.5. The van der Waals surface area contributed by atoms with Crippen molar-refractivity contribution in [1.29, 1.82) is 0 Å². The van der Waals surface area contributed by atoms with Gasteiger partial charge in [-0.25, -0.2) is 4.79 Å². The Morgan fingerprint density at radius 1 is 1.02 bits per heavy atom. The van der Waals surface area contributed by atoms with Crippen LogP contribution in [-0.4, -0.2) is 69.1 Å². The molecule has 0 spiro atoms. The average molecular weight is 594 g/mol. The molecule has 0 unspecified atom stereocenters. The minimum atomic E-state index is -0.894. The molecule has 1 heterocycles. The molecule has 240 valence electrons. The molecule has 0 radical (unpaired) electrons. The summed E-state index contributed by atoms with van der Waals surface area (Å²) in [5.74, 6) is -2.52. The monoisotopic (exact) mass is 593 g/mol. The van der Waals surface area contributed by atoms with Crippen molar-refractivity contribution in [3.05, 3.63) is 48.6 Å². The first-order valence-electron chi connectivity index (χ1n) is 15.0. The van der Waals surface area contributed by atoms with Crippen LogP contribution in [0.4, 0.5) is 4.79 Å². The van der Waals surface area contributed by atoms with E-state index < -0.39 is 54.6 Å². The number of aliphatic hydroxyl groups is 4. The number of carbonyl (C=O) groups is 2. The predicted octanol–water partition coefficient (Wildman–Crippen LogP) is 4.30. The third kappa shape index (κ3) is 11.3. The van der Waals surface area contributed by atoms with Crippen molar-refractivity contribution < 1.29 is 39.5 Å². The van der Waals surface area contributed by atoms with Gasteiger partial charge in [0.05, 0.1) is 30.3 Å². The highest BCUT2D eigenvalue weighted by Crippen LogP contribution is 2.30. The Hall–Kier alpha value is -2.46. The van der Waals surface area contributed by atoms with Gasteiger partial charge in [0.1, 0.15) is 12.2 Å². The van der Waals surface area contributed by atoms with Gasteiger partial charge in [-0.3, -0.25) is 4.79 Å². The molecule has 1 saturated heterocycles. The Morgan fingerprint density at radius 2 is 1.64 bits per heavy atom. The number of aliphatic hydroxyl groups excluding tert-OH is 4. The number of hydrogen-bond donors (Lipinski definition) is 5. The first-order valence-corrected chi connectivity index (χ1v) is 15.0. The third-order valence-corrected chi connectivity index (χ3v) is 8.62. The van der Waals surface area contributed by atoms with E-state index in [1.165, 1.54) is 0 Å². The van der Waals surface area contributed by atoms with E-state index in [-0.39, 0.29) is 41.9 Å². The molecule has 1 fully saturated rings. The quantitative estimate of drug-likeness (QED) is 0.101. The zero-order chi connectivity index (χ0) is 32.3. The van der Waals surface area contributed by atoms with Crippen molar-refractivity contribution in [3.63, 3.8) is 0 Å². The van der Waals surface area contributed by atoms with Gasteiger partial charge in [0.2, 0.25) is 0 Å². The lowest BCUT2D eigenvalue weighted by atomic mass is 9.81. The minimum Gasteiger partial charge on any atom is -0.462 e. The number of amides is 1. The molecular weight excluding hydrogens is 538 g/mol. The molecule has 0 saturated carbocycles. The average Bonchev–Trinajstić information content (AvgIpc) is 2.93. The summed E-state index contributed by atoms with van der Waals surface area (Å²) in [7, 11) is 0. The van der Waals surface area contributed by atoms with E-state index >= 15 is 0 Å². The Kier molecular flexibility index (Phi) is 15.7. The predicted molar refractivity (Wildman–Crippen MR) is 164 cm³/mol. The number of ether oxygens (including phenoxy) is 2. The van der Waals surface area contributed by atoms with Crippen LogP contribution in [0.25, 0.3) is 0 Å². The Balaban J connectivity index is 2.76. The van der Waals surface area contributed by atoms with Gasteiger partial charge >= 0.3 is 12.1 Å². The van der Waals surface area contributed by atoms with Crippen molar-refractivity contribution in [1.82, 2.24) is 0 Å². The fraction of sp³-hybridized carbons (Fsp3) is 0.697. The summed E-state index contributed by atoms with van der Waals surface area (Å²) >= 11 is 0. The van der Waals surface area contributed by atoms with E-state index in [0.717, 1.165) is 5.57 Å². The summed E-state index contributed by atoms with van der Waals surface area (Å²) in [4.78, 5) is 23.5. The highest BCUT2D eigenvalue weighted by Gasteiger charge is 2.41.